The van der Waals surface area contributed by atoms with Crippen LogP contribution in [-0.2, 0) is 22.6 Å². The van der Waals surface area contributed by atoms with Gasteiger partial charge in [0.1, 0.15) is 0 Å². The van der Waals surface area contributed by atoms with E-state index < -0.39 is 0 Å². The van der Waals surface area contributed by atoms with Crippen molar-refractivity contribution in [3.8, 4) is 0 Å². The molecule has 84 valence electrons. The lowest BCUT2D eigenvalue weighted by Gasteiger charge is -2.13. The van der Waals surface area contributed by atoms with Gasteiger partial charge in [-0.15, -0.1) is 0 Å². The quantitative estimate of drug-likeness (QED) is 0.725. The summed E-state index contributed by atoms with van der Waals surface area (Å²) in [5, 5.41) is 0. The van der Waals surface area contributed by atoms with Crippen molar-refractivity contribution in [2.75, 3.05) is 0 Å². The number of amides is 2. The monoisotopic (exact) mass is 217 g/mol. The molecule has 0 N–H and O–H groups in total. The van der Waals surface area contributed by atoms with E-state index in [1.807, 2.05) is 24.3 Å². The molecular weight excluding hydrogens is 202 g/mol. The number of aryl methyl sites for hydroxylation is 1. The van der Waals surface area contributed by atoms with Gasteiger partial charge in [0, 0.05) is 12.8 Å². The molecule has 0 aromatic heterocycles. The van der Waals surface area contributed by atoms with Crippen molar-refractivity contribution in [2.24, 2.45) is 0 Å². The van der Waals surface area contributed by atoms with Crippen LogP contribution in [0.1, 0.15) is 30.9 Å². The number of hydrogen-bond donors (Lipinski definition) is 0. The first-order chi connectivity index (χ1) is 7.70. The van der Waals surface area contributed by atoms with Gasteiger partial charge in [0.2, 0.25) is 11.8 Å². The molecule has 16 heavy (non-hydrogen) atoms. The van der Waals surface area contributed by atoms with Crippen molar-refractivity contribution in [3.05, 3.63) is 35.4 Å². The molecule has 0 bridgehead atoms. The van der Waals surface area contributed by atoms with Crippen molar-refractivity contribution in [3.63, 3.8) is 0 Å². The zero-order valence-electron chi connectivity index (χ0n) is 9.40. The van der Waals surface area contributed by atoms with Crippen LogP contribution in [0.15, 0.2) is 24.3 Å². The average Bonchev–Trinajstić information content (AvgIpc) is 2.62. The average molecular weight is 217 g/mol. The fourth-order valence-electron chi connectivity index (χ4n) is 1.86. The minimum atomic E-state index is -0.0513. The lowest BCUT2D eigenvalue weighted by Crippen LogP contribution is -2.28. The Labute approximate surface area is 95.1 Å². The molecular formula is C13H15NO2. The molecule has 2 amide bonds. The second-order valence-corrected chi connectivity index (χ2v) is 4.04. The Hall–Kier alpha value is -1.64. The van der Waals surface area contributed by atoms with Crippen LogP contribution in [0, 0.1) is 0 Å². The van der Waals surface area contributed by atoms with E-state index in [0.717, 1.165) is 12.0 Å². The summed E-state index contributed by atoms with van der Waals surface area (Å²) in [6, 6.07) is 8.05. The molecule has 0 saturated carbocycles. The Kier molecular flexibility index (Phi) is 3.04. The topological polar surface area (TPSA) is 37.4 Å². The van der Waals surface area contributed by atoms with Crippen molar-refractivity contribution < 1.29 is 9.59 Å². The van der Waals surface area contributed by atoms with Gasteiger partial charge in [-0.1, -0.05) is 31.2 Å². The summed E-state index contributed by atoms with van der Waals surface area (Å²) in [5.74, 6) is -0.103. The van der Waals surface area contributed by atoms with E-state index in [0.29, 0.717) is 19.4 Å². The third-order valence-corrected chi connectivity index (χ3v) is 2.93. The van der Waals surface area contributed by atoms with Gasteiger partial charge in [0.05, 0.1) is 6.54 Å². The highest BCUT2D eigenvalue weighted by Crippen LogP contribution is 2.16. The van der Waals surface area contributed by atoms with Gasteiger partial charge in [-0.05, 0) is 17.5 Å². The summed E-state index contributed by atoms with van der Waals surface area (Å²) in [6.07, 6.45) is 1.74. The Morgan fingerprint density at radius 1 is 1.00 bits per heavy atom. The van der Waals surface area contributed by atoms with Gasteiger partial charge in [0.25, 0.3) is 0 Å². The normalized spacial score (nSPS) is 15.9. The van der Waals surface area contributed by atoms with Crippen LogP contribution in [0.3, 0.4) is 0 Å². The minimum Gasteiger partial charge on any atom is -0.278 e. The molecule has 3 heteroatoms. The maximum atomic E-state index is 11.4. The lowest BCUT2D eigenvalue weighted by molar-refractivity contribution is -0.139. The summed E-state index contributed by atoms with van der Waals surface area (Å²) in [6.45, 7) is 2.52. The number of benzene rings is 1. The van der Waals surface area contributed by atoms with Crippen LogP contribution in [0.2, 0.25) is 0 Å². The summed E-state index contributed by atoms with van der Waals surface area (Å²) >= 11 is 0. The first-order valence-corrected chi connectivity index (χ1v) is 5.61. The fraction of sp³-hybridized carbons (Fsp3) is 0.385. The Morgan fingerprint density at radius 2 is 1.50 bits per heavy atom. The molecule has 0 unspecified atom stereocenters. The van der Waals surface area contributed by atoms with Crippen molar-refractivity contribution in [1.82, 2.24) is 4.90 Å². The minimum absolute atomic E-state index is 0.0513. The van der Waals surface area contributed by atoms with E-state index in [1.54, 1.807) is 0 Å². The van der Waals surface area contributed by atoms with Crippen molar-refractivity contribution >= 4 is 11.8 Å². The molecule has 1 aliphatic heterocycles. The van der Waals surface area contributed by atoms with Gasteiger partial charge < -0.3 is 0 Å². The highest BCUT2D eigenvalue weighted by atomic mass is 16.2. The molecule has 1 heterocycles. The zero-order valence-corrected chi connectivity index (χ0v) is 9.40. The van der Waals surface area contributed by atoms with E-state index in [2.05, 4.69) is 6.92 Å². The Bertz CT molecular complexity index is 392. The second-order valence-electron chi connectivity index (χ2n) is 4.04. The maximum Gasteiger partial charge on any atom is 0.229 e. The molecule has 0 radical (unpaired) electrons. The SMILES string of the molecule is CCc1ccc(CN2C(=O)CCC2=O)cc1. The summed E-state index contributed by atoms with van der Waals surface area (Å²) < 4.78 is 0. The first-order valence-electron chi connectivity index (χ1n) is 5.61. The fourth-order valence-corrected chi connectivity index (χ4v) is 1.86. The van der Waals surface area contributed by atoms with Gasteiger partial charge >= 0.3 is 0 Å². The van der Waals surface area contributed by atoms with Crippen LogP contribution < -0.4 is 0 Å². The molecule has 1 fully saturated rings. The molecule has 2 rings (SSSR count). The zero-order chi connectivity index (χ0) is 11.5. The van der Waals surface area contributed by atoms with Crippen LogP contribution >= 0.6 is 0 Å². The van der Waals surface area contributed by atoms with E-state index in [9.17, 15) is 9.59 Å². The number of imide groups is 1. The first kappa shape index (κ1) is 10.9. The number of nitrogens with zero attached hydrogens (tertiary/aromatic N) is 1. The largest absolute Gasteiger partial charge is 0.278 e. The van der Waals surface area contributed by atoms with E-state index >= 15 is 0 Å². The number of likely N-dealkylation sites (tertiary alicyclic amines) is 1. The highest BCUT2D eigenvalue weighted by molar-refractivity contribution is 6.01. The number of carbonyl (C=O) groups excluding carboxylic acids is 2. The molecule has 0 aliphatic carbocycles. The maximum absolute atomic E-state index is 11.4. The van der Waals surface area contributed by atoms with Crippen LogP contribution in [0.25, 0.3) is 0 Å². The molecule has 1 aromatic carbocycles. The van der Waals surface area contributed by atoms with Crippen LogP contribution in [-0.4, -0.2) is 16.7 Å². The van der Waals surface area contributed by atoms with Gasteiger partial charge in [-0.25, -0.2) is 0 Å². The Morgan fingerprint density at radius 3 is 2.00 bits per heavy atom. The molecule has 0 atom stereocenters. The van der Waals surface area contributed by atoms with Gasteiger partial charge in [-0.3, -0.25) is 14.5 Å². The van der Waals surface area contributed by atoms with E-state index in [1.165, 1.54) is 10.5 Å². The molecule has 3 nitrogen and oxygen atoms in total. The summed E-state index contributed by atoms with van der Waals surface area (Å²) in [4.78, 5) is 24.2. The van der Waals surface area contributed by atoms with Crippen LogP contribution in [0.5, 0.6) is 0 Å². The van der Waals surface area contributed by atoms with Crippen molar-refractivity contribution in [2.45, 2.75) is 32.7 Å². The number of carbonyl (C=O) groups is 2. The smallest absolute Gasteiger partial charge is 0.229 e. The number of hydrogen-bond acceptors (Lipinski definition) is 2. The standard InChI is InChI=1S/C13H15NO2/c1-2-10-3-5-11(6-4-10)9-14-12(15)7-8-13(14)16/h3-6H,2,7-9H2,1H3. The highest BCUT2D eigenvalue weighted by Gasteiger charge is 2.28. The summed E-state index contributed by atoms with van der Waals surface area (Å²) in [7, 11) is 0. The molecule has 1 saturated heterocycles. The van der Waals surface area contributed by atoms with Crippen molar-refractivity contribution in [1.29, 1.82) is 0 Å². The Balaban J connectivity index is 2.08. The van der Waals surface area contributed by atoms with Gasteiger partial charge in [0.15, 0.2) is 0 Å². The van der Waals surface area contributed by atoms with Crippen LogP contribution in [0.4, 0.5) is 0 Å². The second kappa shape index (κ2) is 4.47. The van der Waals surface area contributed by atoms with Gasteiger partial charge in [-0.2, -0.15) is 0 Å². The molecule has 1 aromatic rings. The lowest BCUT2D eigenvalue weighted by atomic mass is 10.1. The number of rotatable bonds is 3. The third-order valence-electron chi connectivity index (χ3n) is 2.93. The summed E-state index contributed by atoms with van der Waals surface area (Å²) in [5.41, 5.74) is 2.28. The molecule has 0 spiro atoms. The molecule has 1 aliphatic rings. The van der Waals surface area contributed by atoms with E-state index in [4.69, 9.17) is 0 Å². The van der Waals surface area contributed by atoms with E-state index in [-0.39, 0.29) is 11.8 Å². The predicted octanol–water partition coefficient (Wildman–Crippen LogP) is 1.90. The third kappa shape index (κ3) is 2.13. The predicted molar refractivity (Wildman–Crippen MR) is 60.6 cm³/mol.